The molecule has 186 valence electrons. The predicted octanol–water partition coefficient (Wildman–Crippen LogP) is 5.88. The maximum Gasteiger partial charge on any atom is 0.269 e. The predicted molar refractivity (Wildman–Crippen MR) is 143 cm³/mol. The van der Waals surface area contributed by atoms with Gasteiger partial charge in [0.1, 0.15) is 22.2 Å². The Morgan fingerprint density at radius 1 is 1.14 bits per heavy atom. The molecule has 1 atom stereocenters. The van der Waals surface area contributed by atoms with Crippen molar-refractivity contribution in [3.05, 3.63) is 69.9 Å². The molecule has 0 saturated carbocycles. The van der Waals surface area contributed by atoms with Gasteiger partial charge in [0.05, 0.1) is 5.69 Å². The molecule has 3 heterocycles. The van der Waals surface area contributed by atoms with Gasteiger partial charge in [-0.15, -0.1) is 11.3 Å². The van der Waals surface area contributed by atoms with Crippen LogP contribution in [0.2, 0.25) is 5.02 Å². The van der Waals surface area contributed by atoms with Gasteiger partial charge in [0.15, 0.2) is 0 Å². The quantitative estimate of drug-likeness (QED) is 0.366. The van der Waals surface area contributed by atoms with Crippen LogP contribution in [0.1, 0.15) is 42.3 Å². The van der Waals surface area contributed by atoms with Crippen LogP contribution in [0.15, 0.2) is 65.1 Å². The maximum atomic E-state index is 12.9. The Hall–Kier alpha value is -3.56. The summed E-state index contributed by atoms with van der Waals surface area (Å²) in [6.45, 7) is 2.70. The molecule has 2 amide bonds. The summed E-state index contributed by atoms with van der Waals surface area (Å²) >= 11 is 7.36. The van der Waals surface area contributed by atoms with E-state index in [-0.39, 0.29) is 18.1 Å². The lowest BCUT2D eigenvalue weighted by atomic mass is 10.1. The number of nitrogens with one attached hydrogen (secondary N) is 2. The Labute approximate surface area is 218 Å². The molecule has 0 radical (unpaired) electrons. The molecule has 2 aromatic carbocycles. The maximum absolute atomic E-state index is 12.9. The van der Waals surface area contributed by atoms with E-state index in [0.29, 0.717) is 48.0 Å². The average molecular weight is 524 g/mol. The highest BCUT2D eigenvalue weighted by molar-refractivity contribution is 7.12. The lowest BCUT2D eigenvalue weighted by Gasteiger charge is -2.39. The molecule has 0 aliphatic carbocycles. The van der Waals surface area contributed by atoms with Crippen LogP contribution in [0.5, 0.6) is 11.5 Å². The molecule has 8 nitrogen and oxygen atoms in total. The number of anilines is 2. The largest absolute Gasteiger partial charge is 0.457 e. The molecule has 1 unspecified atom stereocenters. The van der Waals surface area contributed by atoms with Crippen LogP contribution in [0.3, 0.4) is 0 Å². The van der Waals surface area contributed by atoms with Crippen LogP contribution >= 0.6 is 22.9 Å². The van der Waals surface area contributed by atoms with Crippen molar-refractivity contribution in [2.24, 2.45) is 5.10 Å². The third-order valence-corrected chi connectivity index (χ3v) is 7.09. The SMILES string of the molecule is CCCN1C(=O)c2sccc2N2C(CCCC(=O)Nc3ccc(Oc4ccc(Cl)cc4)cc3)=NNC12. The second-order valence-corrected chi connectivity index (χ2v) is 9.87. The first-order valence-electron chi connectivity index (χ1n) is 11.9. The number of benzene rings is 2. The number of rotatable bonds is 9. The second-order valence-electron chi connectivity index (χ2n) is 8.52. The molecule has 1 aromatic heterocycles. The summed E-state index contributed by atoms with van der Waals surface area (Å²) in [6.07, 6.45) is 2.16. The smallest absolute Gasteiger partial charge is 0.269 e. The molecule has 0 spiro atoms. The third-order valence-electron chi connectivity index (χ3n) is 5.94. The summed E-state index contributed by atoms with van der Waals surface area (Å²) in [7, 11) is 0. The highest BCUT2D eigenvalue weighted by atomic mass is 35.5. The fourth-order valence-electron chi connectivity index (χ4n) is 4.28. The van der Waals surface area contributed by atoms with Crippen molar-refractivity contribution in [2.75, 3.05) is 16.8 Å². The zero-order chi connectivity index (χ0) is 25.1. The topological polar surface area (TPSA) is 86.3 Å². The van der Waals surface area contributed by atoms with Gasteiger partial charge in [0, 0.05) is 30.1 Å². The standard InChI is InChI=1S/C26H26ClN5O3S/c1-2-15-31-25(34)24-21(14-16-36-24)32-22(29-30-26(31)32)4-3-5-23(33)28-18-8-12-20(13-9-18)35-19-10-6-17(27)7-11-19/h6-14,16,26,30H,2-5,15H2,1H3,(H,28,33). The molecule has 36 heavy (non-hydrogen) atoms. The first-order chi connectivity index (χ1) is 17.5. The molecule has 0 bridgehead atoms. The van der Waals surface area contributed by atoms with Crippen molar-refractivity contribution < 1.29 is 14.3 Å². The van der Waals surface area contributed by atoms with E-state index in [0.717, 1.165) is 22.8 Å². The number of amides is 2. The molecular weight excluding hydrogens is 498 g/mol. The van der Waals surface area contributed by atoms with E-state index in [9.17, 15) is 9.59 Å². The van der Waals surface area contributed by atoms with Gasteiger partial charge in [-0.1, -0.05) is 18.5 Å². The van der Waals surface area contributed by atoms with E-state index >= 15 is 0 Å². The minimum atomic E-state index is -0.308. The Kier molecular flexibility index (Phi) is 7.11. The lowest BCUT2D eigenvalue weighted by molar-refractivity contribution is -0.116. The Balaban J connectivity index is 1.13. The van der Waals surface area contributed by atoms with Crippen molar-refractivity contribution in [1.82, 2.24) is 10.3 Å². The second kappa shape index (κ2) is 10.6. The van der Waals surface area contributed by atoms with Crippen molar-refractivity contribution in [1.29, 1.82) is 0 Å². The van der Waals surface area contributed by atoms with Crippen LogP contribution in [-0.4, -0.2) is 35.4 Å². The summed E-state index contributed by atoms with van der Waals surface area (Å²) in [4.78, 5) is 30.0. The highest BCUT2D eigenvalue weighted by Gasteiger charge is 2.42. The van der Waals surface area contributed by atoms with E-state index in [1.165, 1.54) is 11.3 Å². The van der Waals surface area contributed by atoms with Crippen molar-refractivity contribution in [2.45, 2.75) is 38.9 Å². The number of amidine groups is 1. The Morgan fingerprint density at radius 2 is 1.86 bits per heavy atom. The number of hydrazone groups is 1. The minimum Gasteiger partial charge on any atom is -0.457 e. The molecule has 2 aliphatic rings. The number of carbonyl (C=O) groups is 2. The van der Waals surface area contributed by atoms with E-state index in [2.05, 4.69) is 27.7 Å². The fourth-order valence-corrected chi connectivity index (χ4v) is 5.24. The zero-order valence-corrected chi connectivity index (χ0v) is 21.3. The van der Waals surface area contributed by atoms with Gasteiger partial charge in [-0.3, -0.25) is 24.8 Å². The van der Waals surface area contributed by atoms with Crippen LogP contribution in [0, 0.1) is 0 Å². The summed E-state index contributed by atoms with van der Waals surface area (Å²) in [5.74, 6) is 2.16. The van der Waals surface area contributed by atoms with Crippen molar-refractivity contribution >= 4 is 52.0 Å². The van der Waals surface area contributed by atoms with E-state index < -0.39 is 0 Å². The number of hydrogen-bond donors (Lipinski definition) is 2. The van der Waals surface area contributed by atoms with Crippen LogP contribution in [0.25, 0.3) is 0 Å². The first kappa shape index (κ1) is 24.1. The summed E-state index contributed by atoms with van der Waals surface area (Å²) in [6, 6.07) is 16.3. The van der Waals surface area contributed by atoms with Gasteiger partial charge in [0.25, 0.3) is 5.91 Å². The van der Waals surface area contributed by atoms with Gasteiger partial charge in [-0.05, 0) is 72.8 Å². The van der Waals surface area contributed by atoms with E-state index in [1.807, 2.05) is 28.5 Å². The number of fused-ring (bicyclic) bond motifs is 3. The lowest BCUT2D eigenvalue weighted by Crippen LogP contribution is -2.58. The number of hydrogen-bond acceptors (Lipinski definition) is 7. The monoisotopic (exact) mass is 523 g/mol. The minimum absolute atomic E-state index is 0.0380. The molecule has 0 fully saturated rings. The van der Waals surface area contributed by atoms with Gasteiger partial charge < -0.3 is 10.1 Å². The van der Waals surface area contributed by atoms with Crippen molar-refractivity contribution in [3.8, 4) is 11.5 Å². The van der Waals surface area contributed by atoms with E-state index in [4.69, 9.17) is 16.3 Å². The fraction of sp³-hybridized carbons (Fsp3) is 0.269. The van der Waals surface area contributed by atoms with Gasteiger partial charge in [-0.2, -0.15) is 5.10 Å². The molecule has 3 aromatic rings. The Bertz CT molecular complexity index is 1280. The highest BCUT2D eigenvalue weighted by Crippen LogP contribution is 2.37. The third kappa shape index (κ3) is 5.03. The van der Waals surface area contributed by atoms with Gasteiger partial charge in [-0.25, -0.2) is 0 Å². The molecule has 10 heteroatoms. The van der Waals surface area contributed by atoms with Crippen LogP contribution in [0.4, 0.5) is 11.4 Å². The Morgan fingerprint density at radius 3 is 2.58 bits per heavy atom. The summed E-state index contributed by atoms with van der Waals surface area (Å²) in [5, 5.41) is 10.0. The number of ether oxygens (including phenoxy) is 1. The number of nitrogens with zero attached hydrogens (tertiary/aromatic N) is 3. The van der Waals surface area contributed by atoms with Crippen molar-refractivity contribution in [3.63, 3.8) is 0 Å². The van der Waals surface area contributed by atoms with Crippen LogP contribution < -0.4 is 20.4 Å². The number of carbonyl (C=O) groups excluding carboxylic acids is 2. The molecule has 0 saturated heterocycles. The molecule has 2 aliphatic heterocycles. The summed E-state index contributed by atoms with van der Waals surface area (Å²) in [5.41, 5.74) is 4.70. The number of thiophene rings is 1. The van der Waals surface area contributed by atoms with Crippen LogP contribution in [-0.2, 0) is 4.79 Å². The molecule has 2 N–H and O–H groups in total. The molecule has 5 rings (SSSR count). The summed E-state index contributed by atoms with van der Waals surface area (Å²) < 4.78 is 5.79. The van der Waals surface area contributed by atoms with E-state index in [1.54, 1.807) is 36.4 Å². The average Bonchev–Trinajstić information content (AvgIpc) is 3.52. The van der Waals surface area contributed by atoms with Gasteiger partial charge in [0.2, 0.25) is 12.2 Å². The van der Waals surface area contributed by atoms with Gasteiger partial charge >= 0.3 is 0 Å². The zero-order valence-electron chi connectivity index (χ0n) is 19.7. The molecular formula is C26H26ClN5O3S. The first-order valence-corrected chi connectivity index (χ1v) is 13.1. The number of halogens is 1. The normalized spacial score (nSPS) is 16.2.